The van der Waals surface area contributed by atoms with Crippen LogP contribution in [0.4, 0.5) is 26.3 Å². The number of pyridine rings is 1. The molecule has 4 rings (SSSR count). The predicted octanol–water partition coefficient (Wildman–Crippen LogP) is 8.33. The molecule has 12 heteroatoms. The molecular formula is C32H31F6N3O3. The van der Waals surface area contributed by atoms with E-state index < -0.39 is 42.1 Å². The highest BCUT2D eigenvalue weighted by atomic mass is 19.4. The van der Waals surface area contributed by atoms with E-state index in [4.69, 9.17) is 9.47 Å². The van der Waals surface area contributed by atoms with Gasteiger partial charge in [-0.05, 0) is 81.0 Å². The highest BCUT2D eigenvalue weighted by molar-refractivity contribution is 5.91. The fourth-order valence-electron chi connectivity index (χ4n) is 4.67. The second-order valence-electron chi connectivity index (χ2n) is 10.5. The van der Waals surface area contributed by atoms with Crippen molar-refractivity contribution in [2.24, 2.45) is 0 Å². The van der Waals surface area contributed by atoms with E-state index in [1.165, 1.54) is 19.9 Å². The number of hydrogen-bond donors (Lipinski definition) is 0. The van der Waals surface area contributed by atoms with Gasteiger partial charge in [0.1, 0.15) is 11.3 Å². The summed E-state index contributed by atoms with van der Waals surface area (Å²) in [5.41, 5.74) is 2.00. The van der Waals surface area contributed by atoms with E-state index in [0.29, 0.717) is 29.0 Å². The molecule has 0 saturated carbocycles. The van der Waals surface area contributed by atoms with E-state index in [9.17, 15) is 31.1 Å². The lowest BCUT2D eigenvalue weighted by atomic mass is 9.96. The summed E-state index contributed by atoms with van der Waals surface area (Å²) < 4.78 is 90.5. The Hall–Kier alpha value is -4.35. The number of halogens is 6. The Bertz CT molecular complexity index is 1590. The van der Waals surface area contributed by atoms with Crippen molar-refractivity contribution in [2.75, 3.05) is 6.61 Å². The first-order chi connectivity index (χ1) is 20.7. The highest BCUT2D eigenvalue weighted by Gasteiger charge is 2.41. The number of alkyl halides is 6. The molecule has 0 saturated heterocycles. The second-order valence-corrected chi connectivity index (χ2v) is 10.5. The SMILES string of the molecule is Cc1cc(OCCCC(F)(F)F)ccc1CCc1ccccc1-c1cccc(-n2ncc(C(=O)OC(C)C)c2C(F)(F)F)n1. The molecule has 0 spiro atoms. The maximum Gasteiger partial charge on any atom is 0.434 e. The monoisotopic (exact) mass is 619 g/mol. The highest BCUT2D eigenvalue weighted by Crippen LogP contribution is 2.34. The summed E-state index contributed by atoms with van der Waals surface area (Å²) in [6.45, 7) is 4.93. The van der Waals surface area contributed by atoms with Gasteiger partial charge in [0.05, 0.1) is 24.6 Å². The van der Waals surface area contributed by atoms with Crippen molar-refractivity contribution in [1.82, 2.24) is 14.8 Å². The third-order valence-electron chi connectivity index (χ3n) is 6.70. The zero-order valence-electron chi connectivity index (χ0n) is 24.3. The van der Waals surface area contributed by atoms with Crippen LogP contribution in [0.1, 0.15) is 59.4 Å². The van der Waals surface area contributed by atoms with Crippen molar-refractivity contribution < 1.29 is 40.6 Å². The smallest absolute Gasteiger partial charge is 0.434 e. The summed E-state index contributed by atoms with van der Waals surface area (Å²) in [6, 6.07) is 17.4. The normalized spacial score (nSPS) is 12.0. The number of rotatable bonds is 11. The van der Waals surface area contributed by atoms with Gasteiger partial charge in [-0.25, -0.2) is 14.5 Å². The Morgan fingerprint density at radius 3 is 2.34 bits per heavy atom. The Labute approximate surface area is 250 Å². The van der Waals surface area contributed by atoms with E-state index in [1.807, 2.05) is 31.2 Å². The van der Waals surface area contributed by atoms with Crippen molar-refractivity contribution in [1.29, 1.82) is 0 Å². The Morgan fingerprint density at radius 1 is 0.932 bits per heavy atom. The van der Waals surface area contributed by atoms with Gasteiger partial charge in [-0.2, -0.15) is 31.4 Å². The van der Waals surface area contributed by atoms with Gasteiger partial charge in [-0.1, -0.05) is 36.4 Å². The average molecular weight is 620 g/mol. The maximum absolute atomic E-state index is 14.1. The number of hydrogen-bond acceptors (Lipinski definition) is 5. The van der Waals surface area contributed by atoms with Gasteiger partial charge in [0.25, 0.3) is 0 Å². The number of aromatic nitrogens is 3. The molecule has 0 bridgehead atoms. The van der Waals surface area contributed by atoms with Crippen LogP contribution in [0.15, 0.2) is 66.9 Å². The number of aryl methyl sites for hydroxylation is 3. The zero-order valence-corrected chi connectivity index (χ0v) is 24.3. The maximum atomic E-state index is 14.1. The van der Waals surface area contributed by atoms with Crippen LogP contribution in [0.2, 0.25) is 0 Å². The summed E-state index contributed by atoms with van der Waals surface area (Å²) in [4.78, 5) is 16.9. The van der Waals surface area contributed by atoms with Gasteiger partial charge in [-0.15, -0.1) is 0 Å². The largest absolute Gasteiger partial charge is 0.494 e. The minimum atomic E-state index is -4.90. The number of carbonyl (C=O) groups excluding carboxylic acids is 1. The molecule has 0 unspecified atom stereocenters. The topological polar surface area (TPSA) is 66.2 Å². The van der Waals surface area contributed by atoms with E-state index in [2.05, 4.69) is 10.1 Å². The van der Waals surface area contributed by atoms with E-state index in [1.54, 1.807) is 30.3 Å². The summed E-state index contributed by atoms with van der Waals surface area (Å²) in [5, 5.41) is 3.84. The van der Waals surface area contributed by atoms with Gasteiger partial charge in [0, 0.05) is 12.0 Å². The van der Waals surface area contributed by atoms with Crippen molar-refractivity contribution in [3.05, 3.63) is 94.8 Å². The molecule has 234 valence electrons. The van der Waals surface area contributed by atoms with E-state index in [-0.39, 0.29) is 18.8 Å². The first-order valence-electron chi connectivity index (χ1n) is 13.9. The van der Waals surface area contributed by atoms with Gasteiger partial charge in [0.15, 0.2) is 11.5 Å². The summed E-state index contributed by atoms with van der Waals surface area (Å²) in [7, 11) is 0. The third-order valence-corrected chi connectivity index (χ3v) is 6.70. The molecule has 0 aliphatic rings. The lowest BCUT2D eigenvalue weighted by molar-refractivity contribution is -0.143. The number of benzene rings is 2. The fourth-order valence-corrected chi connectivity index (χ4v) is 4.67. The molecule has 0 radical (unpaired) electrons. The van der Waals surface area contributed by atoms with Crippen LogP contribution < -0.4 is 4.74 Å². The first kappa shape index (κ1) is 32.6. The van der Waals surface area contributed by atoms with Crippen molar-refractivity contribution in [2.45, 2.75) is 64.9 Å². The lowest BCUT2D eigenvalue weighted by Gasteiger charge is -2.15. The molecule has 2 aromatic carbocycles. The quantitative estimate of drug-likeness (QED) is 0.0960. The first-order valence-corrected chi connectivity index (χ1v) is 13.9. The number of esters is 1. The van der Waals surface area contributed by atoms with E-state index in [0.717, 1.165) is 28.5 Å². The Kier molecular flexibility index (Phi) is 10.0. The summed E-state index contributed by atoms with van der Waals surface area (Å²) in [5.74, 6) is -0.751. The molecule has 4 aromatic rings. The molecule has 0 N–H and O–H groups in total. The van der Waals surface area contributed by atoms with Crippen LogP contribution in [0.3, 0.4) is 0 Å². The van der Waals surface area contributed by atoms with Crippen LogP contribution in [0, 0.1) is 6.92 Å². The minimum absolute atomic E-state index is 0.0376. The molecule has 0 atom stereocenters. The average Bonchev–Trinajstić information content (AvgIpc) is 3.41. The van der Waals surface area contributed by atoms with Crippen molar-refractivity contribution in [3.8, 4) is 22.8 Å². The molecular weight excluding hydrogens is 588 g/mol. The minimum Gasteiger partial charge on any atom is -0.494 e. The molecule has 44 heavy (non-hydrogen) atoms. The van der Waals surface area contributed by atoms with Crippen molar-refractivity contribution >= 4 is 5.97 Å². The van der Waals surface area contributed by atoms with Crippen LogP contribution in [0.5, 0.6) is 5.75 Å². The van der Waals surface area contributed by atoms with Gasteiger partial charge in [0.2, 0.25) is 0 Å². The molecule has 0 fully saturated rings. The zero-order chi connectivity index (χ0) is 32.1. The van der Waals surface area contributed by atoms with Crippen LogP contribution in [-0.4, -0.2) is 39.6 Å². The Balaban J connectivity index is 1.54. The molecule has 0 aliphatic heterocycles. The van der Waals surface area contributed by atoms with Gasteiger partial charge >= 0.3 is 18.3 Å². The standard InChI is InChI=1S/C32H31F6N3O3/c1-20(2)44-30(42)26-19-39-41(29(26)32(36,37)38)28-11-6-10-27(40-28)25-9-5-4-8-23(25)13-12-22-14-15-24(18-21(22)3)43-17-7-16-31(33,34)35/h4-6,8-11,14-15,18-20H,7,12-13,16-17H2,1-3H3. The lowest BCUT2D eigenvalue weighted by Crippen LogP contribution is -2.20. The third kappa shape index (κ3) is 8.39. The second kappa shape index (κ2) is 13.5. The number of carbonyl (C=O) groups is 1. The summed E-state index contributed by atoms with van der Waals surface area (Å²) in [6.07, 6.45) is -8.73. The molecule has 2 aromatic heterocycles. The van der Waals surface area contributed by atoms with Crippen LogP contribution in [-0.2, 0) is 23.8 Å². The van der Waals surface area contributed by atoms with Crippen LogP contribution >= 0.6 is 0 Å². The molecule has 2 heterocycles. The van der Waals surface area contributed by atoms with Gasteiger partial charge in [-0.3, -0.25) is 0 Å². The molecule has 6 nitrogen and oxygen atoms in total. The van der Waals surface area contributed by atoms with Crippen LogP contribution in [0.25, 0.3) is 17.1 Å². The van der Waals surface area contributed by atoms with E-state index >= 15 is 0 Å². The number of ether oxygens (including phenoxy) is 2. The van der Waals surface area contributed by atoms with Gasteiger partial charge < -0.3 is 9.47 Å². The molecule has 0 amide bonds. The van der Waals surface area contributed by atoms with Crippen molar-refractivity contribution in [3.63, 3.8) is 0 Å². The fraction of sp³-hybridized carbons (Fsp3) is 0.344. The predicted molar refractivity (Wildman–Crippen MR) is 152 cm³/mol. The summed E-state index contributed by atoms with van der Waals surface area (Å²) >= 11 is 0. The Morgan fingerprint density at radius 2 is 1.66 bits per heavy atom. The number of nitrogens with zero attached hydrogens (tertiary/aromatic N) is 3. The molecule has 0 aliphatic carbocycles.